The number of nitrogen functional groups attached to an aromatic ring is 1. The van der Waals surface area contributed by atoms with Crippen LogP contribution in [0.15, 0.2) is 91.3 Å². The molecule has 5 aromatic rings. The Kier molecular flexibility index (Phi) is 6.25. The molecule has 3 aromatic heterocycles. The lowest BCUT2D eigenvalue weighted by Gasteiger charge is -2.12. The van der Waals surface area contributed by atoms with Crippen molar-refractivity contribution in [3.05, 3.63) is 96.8 Å². The van der Waals surface area contributed by atoms with Crippen LogP contribution in [0.25, 0.3) is 22.5 Å². The highest BCUT2D eigenvalue weighted by Gasteiger charge is 2.12. The molecule has 0 fully saturated rings. The molecule has 0 unspecified atom stereocenters. The summed E-state index contributed by atoms with van der Waals surface area (Å²) in [5.41, 5.74) is 11.0. The third-order valence-electron chi connectivity index (χ3n) is 5.38. The van der Waals surface area contributed by atoms with Crippen molar-refractivity contribution >= 4 is 17.5 Å². The summed E-state index contributed by atoms with van der Waals surface area (Å²) in [6.45, 7) is 2.10. The van der Waals surface area contributed by atoms with E-state index < -0.39 is 0 Å². The van der Waals surface area contributed by atoms with Gasteiger partial charge in [-0.05, 0) is 60.5 Å². The molecule has 0 aliphatic heterocycles. The zero-order chi connectivity index (χ0) is 24.0. The van der Waals surface area contributed by atoms with E-state index in [1.54, 1.807) is 18.5 Å². The second-order valence-corrected chi connectivity index (χ2v) is 7.73. The van der Waals surface area contributed by atoms with Crippen LogP contribution in [0.3, 0.4) is 0 Å². The molecule has 172 valence electrons. The highest BCUT2D eigenvalue weighted by molar-refractivity contribution is 5.67. The first-order valence-corrected chi connectivity index (χ1v) is 11.2. The van der Waals surface area contributed by atoms with Gasteiger partial charge in [-0.15, -0.1) is 10.2 Å². The number of nitrogens with one attached hydrogen (secondary N) is 1. The van der Waals surface area contributed by atoms with Gasteiger partial charge in [0, 0.05) is 23.6 Å². The predicted octanol–water partition coefficient (Wildman–Crippen LogP) is 5.68. The first kappa shape index (κ1) is 22.0. The van der Waals surface area contributed by atoms with Crippen LogP contribution in [0.2, 0.25) is 0 Å². The Hall–Kier alpha value is -4.85. The minimum atomic E-state index is 0.194. The molecule has 8 nitrogen and oxygen atoms in total. The fourth-order valence-corrected chi connectivity index (χ4v) is 3.60. The normalized spacial score (nSPS) is 10.7. The fraction of sp³-hybridized carbons (Fsp3) is 0.0741. The number of aromatic nitrogens is 5. The molecule has 5 rings (SSSR count). The number of nitrogens with two attached hydrogens (primary N) is 1. The summed E-state index contributed by atoms with van der Waals surface area (Å²) in [7, 11) is 0. The van der Waals surface area contributed by atoms with Gasteiger partial charge in [0.15, 0.2) is 5.82 Å². The van der Waals surface area contributed by atoms with E-state index in [1.807, 2.05) is 66.7 Å². The maximum atomic E-state index is 6.05. The Morgan fingerprint density at radius 2 is 1.66 bits per heavy atom. The van der Waals surface area contributed by atoms with Crippen LogP contribution in [-0.2, 0) is 6.42 Å². The minimum Gasteiger partial charge on any atom is -0.438 e. The number of benzene rings is 2. The monoisotopic (exact) mass is 461 g/mol. The average Bonchev–Trinajstić information content (AvgIpc) is 2.91. The van der Waals surface area contributed by atoms with Crippen molar-refractivity contribution in [2.45, 2.75) is 13.3 Å². The smallest absolute Gasteiger partial charge is 0.228 e. The zero-order valence-corrected chi connectivity index (χ0v) is 19.1. The van der Waals surface area contributed by atoms with Crippen molar-refractivity contribution in [1.82, 2.24) is 25.1 Å². The molecule has 0 saturated carbocycles. The molecule has 8 heteroatoms. The summed E-state index contributed by atoms with van der Waals surface area (Å²) >= 11 is 0. The number of hydrogen-bond acceptors (Lipinski definition) is 8. The summed E-state index contributed by atoms with van der Waals surface area (Å²) in [5, 5.41) is 12.2. The number of ether oxygens (including phenoxy) is 1. The zero-order valence-electron chi connectivity index (χ0n) is 19.1. The highest BCUT2D eigenvalue weighted by Crippen LogP contribution is 2.31. The van der Waals surface area contributed by atoms with Crippen LogP contribution in [-0.4, -0.2) is 25.1 Å². The standard InChI is InChI=1S/C27H23N7O/c1-2-18-17-24(19-7-4-3-5-8-19)33-34-25(18)31-20-10-12-21(13-11-20)35-26-22(9-6-15-29-26)23-14-16-30-27(28)32-23/h3-17H,2H2,1H3,(H,31,34)(H2,28,30,32). The second kappa shape index (κ2) is 9.96. The van der Waals surface area contributed by atoms with Gasteiger partial charge in [0.05, 0.1) is 17.0 Å². The van der Waals surface area contributed by atoms with Crippen LogP contribution in [0, 0.1) is 0 Å². The number of aryl methyl sites for hydroxylation is 1. The Balaban J connectivity index is 1.34. The van der Waals surface area contributed by atoms with Crippen LogP contribution in [0.5, 0.6) is 11.6 Å². The molecule has 2 aromatic carbocycles. The lowest BCUT2D eigenvalue weighted by atomic mass is 10.1. The SMILES string of the molecule is CCc1cc(-c2ccccc2)nnc1Nc1ccc(Oc2ncccc2-c2ccnc(N)n2)cc1. The minimum absolute atomic E-state index is 0.194. The van der Waals surface area contributed by atoms with E-state index >= 15 is 0 Å². The topological polar surface area (TPSA) is 112 Å². The van der Waals surface area contributed by atoms with Crippen molar-refractivity contribution in [3.63, 3.8) is 0 Å². The molecular formula is C27H23N7O. The molecule has 0 atom stereocenters. The van der Waals surface area contributed by atoms with Crippen molar-refractivity contribution < 1.29 is 4.74 Å². The number of anilines is 3. The molecule has 3 heterocycles. The van der Waals surface area contributed by atoms with E-state index in [4.69, 9.17) is 10.5 Å². The molecule has 0 saturated heterocycles. The third kappa shape index (κ3) is 5.06. The average molecular weight is 462 g/mol. The van der Waals surface area contributed by atoms with Crippen LogP contribution >= 0.6 is 0 Å². The van der Waals surface area contributed by atoms with Gasteiger partial charge in [0.1, 0.15) is 5.75 Å². The van der Waals surface area contributed by atoms with Gasteiger partial charge in [-0.1, -0.05) is 37.3 Å². The molecule has 0 bridgehead atoms. The number of nitrogens with zero attached hydrogens (tertiary/aromatic N) is 5. The maximum absolute atomic E-state index is 6.05. The summed E-state index contributed by atoms with van der Waals surface area (Å²) in [6, 6.07) is 25.2. The summed E-state index contributed by atoms with van der Waals surface area (Å²) in [4.78, 5) is 12.6. The highest BCUT2D eigenvalue weighted by atomic mass is 16.5. The van der Waals surface area contributed by atoms with Crippen LogP contribution < -0.4 is 15.8 Å². The summed E-state index contributed by atoms with van der Waals surface area (Å²) in [5.74, 6) is 1.99. The Morgan fingerprint density at radius 3 is 2.43 bits per heavy atom. The molecule has 0 spiro atoms. The molecule has 0 aliphatic rings. The van der Waals surface area contributed by atoms with E-state index in [1.165, 1.54) is 0 Å². The third-order valence-corrected chi connectivity index (χ3v) is 5.38. The molecule has 35 heavy (non-hydrogen) atoms. The van der Waals surface area contributed by atoms with Crippen molar-refractivity contribution in [1.29, 1.82) is 0 Å². The van der Waals surface area contributed by atoms with E-state index in [0.29, 0.717) is 17.3 Å². The lowest BCUT2D eigenvalue weighted by Crippen LogP contribution is -2.02. The van der Waals surface area contributed by atoms with Gasteiger partial charge in [-0.2, -0.15) is 0 Å². The van der Waals surface area contributed by atoms with Gasteiger partial charge in [-0.25, -0.2) is 15.0 Å². The van der Waals surface area contributed by atoms with Crippen LogP contribution in [0.4, 0.5) is 17.5 Å². The number of pyridine rings is 1. The van der Waals surface area contributed by atoms with E-state index in [0.717, 1.165) is 40.3 Å². The maximum Gasteiger partial charge on any atom is 0.228 e. The van der Waals surface area contributed by atoms with Crippen molar-refractivity contribution in [3.8, 4) is 34.1 Å². The molecule has 0 aliphatic carbocycles. The van der Waals surface area contributed by atoms with Crippen molar-refractivity contribution in [2.24, 2.45) is 0 Å². The number of rotatable bonds is 7. The van der Waals surface area contributed by atoms with E-state index in [-0.39, 0.29) is 5.95 Å². The van der Waals surface area contributed by atoms with Gasteiger partial charge in [0.25, 0.3) is 0 Å². The summed E-state index contributed by atoms with van der Waals surface area (Å²) in [6.07, 6.45) is 4.10. The van der Waals surface area contributed by atoms with E-state index in [9.17, 15) is 0 Å². The van der Waals surface area contributed by atoms with E-state index in [2.05, 4.69) is 43.5 Å². The molecule has 0 radical (unpaired) electrons. The number of hydrogen-bond donors (Lipinski definition) is 2. The van der Waals surface area contributed by atoms with Crippen LogP contribution in [0.1, 0.15) is 12.5 Å². The Bertz CT molecular complexity index is 1440. The first-order valence-electron chi connectivity index (χ1n) is 11.2. The lowest BCUT2D eigenvalue weighted by molar-refractivity contribution is 0.465. The van der Waals surface area contributed by atoms with Gasteiger partial charge >= 0.3 is 0 Å². The largest absolute Gasteiger partial charge is 0.438 e. The fourth-order valence-electron chi connectivity index (χ4n) is 3.60. The Labute approximate surface area is 202 Å². The van der Waals surface area contributed by atoms with Crippen molar-refractivity contribution in [2.75, 3.05) is 11.1 Å². The first-order chi connectivity index (χ1) is 17.2. The molecule has 3 N–H and O–H groups in total. The molecular weight excluding hydrogens is 438 g/mol. The summed E-state index contributed by atoms with van der Waals surface area (Å²) < 4.78 is 6.05. The van der Waals surface area contributed by atoms with Gasteiger partial charge in [0.2, 0.25) is 11.8 Å². The Morgan fingerprint density at radius 1 is 0.829 bits per heavy atom. The molecule has 0 amide bonds. The van der Waals surface area contributed by atoms with Gasteiger partial charge < -0.3 is 15.8 Å². The quantitative estimate of drug-likeness (QED) is 0.319. The second-order valence-electron chi connectivity index (χ2n) is 7.73. The van der Waals surface area contributed by atoms with Gasteiger partial charge in [-0.3, -0.25) is 0 Å². The predicted molar refractivity (Wildman–Crippen MR) is 136 cm³/mol.